The van der Waals surface area contributed by atoms with Crippen molar-refractivity contribution in [2.24, 2.45) is 0 Å². The van der Waals surface area contributed by atoms with Crippen LogP contribution in [0.3, 0.4) is 0 Å². The van der Waals surface area contributed by atoms with Crippen molar-refractivity contribution >= 4 is 0 Å². The fourth-order valence-electron chi connectivity index (χ4n) is 3.56. The maximum absolute atomic E-state index is 12.4. The molecule has 1 aliphatic rings. The Hall–Kier alpha value is -3.38. The van der Waals surface area contributed by atoms with Gasteiger partial charge in [0.1, 0.15) is 11.4 Å². The van der Waals surface area contributed by atoms with Gasteiger partial charge in [-0.3, -0.25) is 14.6 Å². The first-order valence-corrected chi connectivity index (χ1v) is 9.32. The molecule has 0 radical (unpaired) electrons. The number of benzene rings is 1. The van der Waals surface area contributed by atoms with Gasteiger partial charge in [0.25, 0.3) is 0 Å². The third-order valence-electron chi connectivity index (χ3n) is 4.96. The number of ether oxygens (including phenoxy) is 1. The average molecular weight is 413 g/mol. The van der Waals surface area contributed by atoms with E-state index in [-0.39, 0.29) is 5.56 Å². The minimum atomic E-state index is -4.79. The molecule has 154 valence electrons. The van der Waals surface area contributed by atoms with Gasteiger partial charge in [-0.2, -0.15) is 10.4 Å². The first-order chi connectivity index (χ1) is 14.3. The number of rotatable bonds is 4. The van der Waals surface area contributed by atoms with Gasteiger partial charge in [-0.25, -0.2) is 0 Å². The number of hydrogen-bond acceptors (Lipinski definition) is 5. The van der Waals surface area contributed by atoms with E-state index in [1.165, 1.54) is 12.1 Å². The highest BCUT2D eigenvalue weighted by atomic mass is 19.4. The van der Waals surface area contributed by atoms with E-state index in [1.807, 2.05) is 35.9 Å². The van der Waals surface area contributed by atoms with E-state index in [2.05, 4.69) is 19.7 Å². The summed E-state index contributed by atoms with van der Waals surface area (Å²) in [5.41, 5.74) is 4.55. The Kier molecular flexibility index (Phi) is 5.18. The Morgan fingerprint density at radius 3 is 2.77 bits per heavy atom. The maximum atomic E-state index is 12.4. The molecule has 0 aliphatic carbocycles. The van der Waals surface area contributed by atoms with Crippen LogP contribution in [-0.4, -0.2) is 32.6 Å². The first kappa shape index (κ1) is 19.9. The Morgan fingerprint density at radius 2 is 2.03 bits per heavy atom. The van der Waals surface area contributed by atoms with E-state index in [0.29, 0.717) is 31.7 Å². The molecule has 0 bridgehead atoms. The lowest BCUT2D eigenvalue weighted by Crippen LogP contribution is -2.33. The molecule has 0 saturated carbocycles. The van der Waals surface area contributed by atoms with Crippen LogP contribution in [0.5, 0.6) is 5.75 Å². The summed E-state index contributed by atoms with van der Waals surface area (Å²) >= 11 is 0. The van der Waals surface area contributed by atoms with Crippen molar-refractivity contribution in [2.45, 2.75) is 32.9 Å². The van der Waals surface area contributed by atoms with Gasteiger partial charge in [-0.05, 0) is 42.3 Å². The molecule has 0 unspecified atom stereocenters. The van der Waals surface area contributed by atoms with Gasteiger partial charge in [0.05, 0.1) is 29.6 Å². The maximum Gasteiger partial charge on any atom is 0.573 e. The number of halogens is 3. The Morgan fingerprint density at radius 1 is 1.20 bits per heavy atom. The summed E-state index contributed by atoms with van der Waals surface area (Å²) in [7, 11) is 0. The molecule has 0 amide bonds. The highest BCUT2D eigenvalue weighted by Gasteiger charge is 2.31. The van der Waals surface area contributed by atoms with Crippen LogP contribution < -0.4 is 4.74 Å². The molecule has 0 N–H and O–H groups in total. The van der Waals surface area contributed by atoms with Crippen LogP contribution in [-0.2, 0) is 19.6 Å². The minimum absolute atomic E-state index is 0.167. The predicted octanol–water partition coefficient (Wildman–Crippen LogP) is 4.04. The fourth-order valence-corrected chi connectivity index (χ4v) is 3.56. The highest BCUT2D eigenvalue weighted by molar-refractivity contribution is 5.58. The molecule has 1 aromatic carbocycles. The molecule has 0 saturated heterocycles. The lowest BCUT2D eigenvalue weighted by molar-refractivity contribution is -0.274. The second-order valence-electron chi connectivity index (χ2n) is 7.10. The molecule has 1 aliphatic heterocycles. The Labute approximate surface area is 171 Å². The molecule has 3 heterocycles. The number of fused-ring (bicyclic) bond motifs is 1. The van der Waals surface area contributed by atoms with Crippen molar-refractivity contribution < 1.29 is 17.9 Å². The predicted molar refractivity (Wildman–Crippen MR) is 102 cm³/mol. The van der Waals surface area contributed by atoms with E-state index in [4.69, 9.17) is 0 Å². The lowest BCUT2D eigenvalue weighted by atomic mass is 10.1. The number of aromatic nitrogens is 3. The average Bonchev–Trinajstić information content (AvgIpc) is 3.11. The van der Waals surface area contributed by atoms with Crippen LogP contribution in [0.25, 0.3) is 11.4 Å². The van der Waals surface area contributed by atoms with Crippen molar-refractivity contribution in [1.29, 1.82) is 5.26 Å². The molecule has 3 aromatic rings. The van der Waals surface area contributed by atoms with Gasteiger partial charge in [-0.15, -0.1) is 13.2 Å². The van der Waals surface area contributed by atoms with Gasteiger partial charge in [-0.1, -0.05) is 12.1 Å². The Bertz CT molecular complexity index is 1120. The van der Waals surface area contributed by atoms with Crippen LogP contribution in [0.2, 0.25) is 0 Å². The van der Waals surface area contributed by atoms with Crippen molar-refractivity contribution in [3.05, 3.63) is 65.0 Å². The smallest absolute Gasteiger partial charge is 0.406 e. The molecule has 0 atom stereocenters. The van der Waals surface area contributed by atoms with E-state index in [9.17, 15) is 18.4 Å². The van der Waals surface area contributed by atoms with E-state index < -0.39 is 12.1 Å². The summed E-state index contributed by atoms with van der Waals surface area (Å²) in [4.78, 5) is 6.55. The number of pyridine rings is 1. The second-order valence-corrected chi connectivity index (χ2v) is 7.10. The summed E-state index contributed by atoms with van der Waals surface area (Å²) < 4.78 is 43.1. The number of aryl methyl sites for hydroxylation is 1. The monoisotopic (exact) mass is 413 g/mol. The van der Waals surface area contributed by atoms with Crippen LogP contribution >= 0.6 is 0 Å². The topological polar surface area (TPSA) is 67.0 Å². The zero-order valence-corrected chi connectivity index (χ0v) is 16.1. The highest BCUT2D eigenvalue weighted by Crippen LogP contribution is 2.27. The van der Waals surface area contributed by atoms with Crippen LogP contribution in [0.4, 0.5) is 13.2 Å². The summed E-state index contributed by atoms with van der Waals surface area (Å²) in [6.45, 7) is 4.44. The van der Waals surface area contributed by atoms with Gasteiger partial charge in [0.15, 0.2) is 0 Å². The molecule has 6 nitrogen and oxygen atoms in total. The van der Waals surface area contributed by atoms with E-state index >= 15 is 0 Å². The van der Waals surface area contributed by atoms with E-state index in [0.717, 1.165) is 28.7 Å². The third-order valence-corrected chi connectivity index (χ3v) is 4.96. The zero-order valence-electron chi connectivity index (χ0n) is 16.1. The number of nitrogens with zero attached hydrogens (tertiary/aromatic N) is 5. The summed E-state index contributed by atoms with van der Waals surface area (Å²) in [6, 6.07) is 11.7. The lowest BCUT2D eigenvalue weighted by Gasteiger charge is -2.27. The SMILES string of the molecule is Cc1cccnc1-c1cc2n(n1)CCN(Cc1ccc(OC(F)(F)F)cc1C#N)C2. The largest absolute Gasteiger partial charge is 0.573 e. The molecule has 0 fully saturated rings. The van der Waals surface area contributed by atoms with Gasteiger partial charge in [0, 0.05) is 25.8 Å². The fraction of sp³-hybridized carbons (Fsp3) is 0.286. The van der Waals surface area contributed by atoms with Crippen LogP contribution in [0.1, 0.15) is 22.4 Å². The molecule has 0 spiro atoms. The molecule has 9 heteroatoms. The molecule has 2 aromatic heterocycles. The summed E-state index contributed by atoms with van der Waals surface area (Å²) in [5, 5.41) is 14.0. The number of hydrogen-bond donors (Lipinski definition) is 0. The van der Waals surface area contributed by atoms with Crippen molar-refractivity contribution in [1.82, 2.24) is 19.7 Å². The van der Waals surface area contributed by atoms with Crippen LogP contribution in [0.15, 0.2) is 42.6 Å². The summed E-state index contributed by atoms with van der Waals surface area (Å²) in [5.74, 6) is -0.394. The summed E-state index contributed by atoms with van der Waals surface area (Å²) in [6.07, 6.45) is -3.05. The van der Waals surface area contributed by atoms with Crippen LogP contribution in [0, 0.1) is 18.3 Å². The van der Waals surface area contributed by atoms with Crippen molar-refractivity contribution in [3.63, 3.8) is 0 Å². The van der Waals surface area contributed by atoms with Crippen molar-refractivity contribution in [3.8, 4) is 23.2 Å². The number of alkyl halides is 3. The number of nitriles is 1. The molecule has 4 rings (SSSR count). The normalized spacial score (nSPS) is 14.2. The van der Waals surface area contributed by atoms with Gasteiger partial charge in [0.2, 0.25) is 0 Å². The van der Waals surface area contributed by atoms with E-state index in [1.54, 1.807) is 6.20 Å². The zero-order chi connectivity index (χ0) is 21.3. The minimum Gasteiger partial charge on any atom is -0.406 e. The molecular formula is C21H18F3N5O. The molecular weight excluding hydrogens is 395 g/mol. The van der Waals surface area contributed by atoms with Gasteiger partial charge < -0.3 is 4.74 Å². The second kappa shape index (κ2) is 7.80. The van der Waals surface area contributed by atoms with Gasteiger partial charge >= 0.3 is 6.36 Å². The quantitative estimate of drug-likeness (QED) is 0.646. The Balaban J connectivity index is 1.51. The standard InChI is InChI=1S/C21H18F3N5O/c1-14-3-2-6-26-20(14)19-10-17-13-28(7-8-29(17)27-19)12-15-4-5-18(9-16(15)11-25)30-21(22,23)24/h2-6,9-10H,7-8,12-13H2,1H3. The van der Waals surface area contributed by atoms with Crippen molar-refractivity contribution in [2.75, 3.05) is 6.54 Å². The molecule has 30 heavy (non-hydrogen) atoms. The third kappa shape index (κ3) is 4.28. The first-order valence-electron chi connectivity index (χ1n) is 9.32.